The zero-order valence-electron chi connectivity index (χ0n) is 10.6. The Kier molecular flexibility index (Phi) is 3.65. The van der Waals surface area contributed by atoms with Crippen LogP contribution < -0.4 is 0 Å². The number of hydrogen-bond donors (Lipinski definition) is 0. The van der Waals surface area contributed by atoms with Gasteiger partial charge in [-0.3, -0.25) is 4.79 Å². The lowest BCUT2D eigenvalue weighted by molar-refractivity contribution is -0.147. The molecule has 0 saturated carbocycles. The van der Waals surface area contributed by atoms with Crippen LogP contribution in [0.5, 0.6) is 0 Å². The van der Waals surface area contributed by atoms with Crippen LogP contribution in [-0.2, 0) is 20.7 Å². The fraction of sp³-hybridized carbons (Fsp3) is 0.429. The van der Waals surface area contributed by atoms with Gasteiger partial charge in [-0.1, -0.05) is 6.07 Å². The number of rotatable bonds is 2. The van der Waals surface area contributed by atoms with E-state index in [-0.39, 0.29) is 18.0 Å². The zero-order valence-corrected chi connectivity index (χ0v) is 10.6. The van der Waals surface area contributed by atoms with E-state index in [1.54, 1.807) is 12.1 Å². The summed E-state index contributed by atoms with van der Waals surface area (Å²) in [5.41, 5.74) is 2.56. The van der Waals surface area contributed by atoms with Crippen molar-refractivity contribution in [3.05, 3.63) is 34.9 Å². The quantitative estimate of drug-likeness (QED) is 0.754. The second kappa shape index (κ2) is 5.21. The summed E-state index contributed by atoms with van der Waals surface area (Å²) in [6.45, 7) is 1.40. The molecule has 18 heavy (non-hydrogen) atoms. The monoisotopic (exact) mass is 248 g/mol. The summed E-state index contributed by atoms with van der Waals surface area (Å²) < 4.78 is 9.99. The predicted octanol–water partition coefficient (Wildman–Crippen LogP) is 2.41. The van der Waals surface area contributed by atoms with Gasteiger partial charge in [0.2, 0.25) is 0 Å². The molecule has 0 N–H and O–H groups in total. The second-order valence-corrected chi connectivity index (χ2v) is 4.40. The van der Waals surface area contributed by atoms with Gasteiger partial charge in [-0.15, -0.1) is 0 Å². The van der Waals surface area contributed by atoms with Crippen LogP contribution in [0.4, 0.5) is 0 Å². The minimum Gasteiger partial charge on any atom is -0.465 e. The first-order chi connectivity index (χ1) is 8.61. The van der Waals surface area contributed by atoms with Crippen molar-refractivity contribution in [1.29, 1.82) is 0 Å². The molecule has 1 aliphatic carbocycles. The minimum atomic E-state index is -0.370. The fourth-order valence-electron chi connectivity index (χ4n) is 2.32. The number of carbonyl (C=O) groups excluding carboxylic acids is 2. The van der Waals surface area contributed by atoms with Crippen molar-refractivity contribution in [3.8, 4) is 0 Å². The molecule has 4 heteroatoms. The smallest absolute Gasteiger partial charge is 0.337 e. The Labute approximate surface area is 106 Å². The van der Waals surface area contributed by atoms with Crippen molar-refractivity contribution < 1.29 is 19.1 Å². The first-order valence-corrected chi connectivity index (χ1v) is 6.00. The standard InChI is InChI=1S/C14H16O4/c1-9(15)18-13-5-3-4-10-6-7-11(8-12(10)13)14(16)17-2/h6-8,13H,3-5H2,1-2H3. The van der Waals surface area contributed by atoms with Gasteiger partial charge in [0.25, 0.3) is 0 Å². The Hall–Kier alpha value is -1.84. The van der Waals surface area contributed by atoms with Crippen molar-refractivity contribution in [2.45, 2.75) is 32.3 Å². The molecule has 4 nitrogen and oxygen atoms in total. The van der Waals surface area contributed by atoms with Crippen molar-refractivity contribution in [2.75, 3.05) is 7.11 Å². The number of esters is 2. The van der Waals surface area contributed by atoms with Crippen LogP contribution in [0.25, 0.3) is 0 Å². The van der Waals surface area contributed by atoms with Crippen molar-refractivity contribution in [2.24, 2.45) is 0 Å². The number of methoxy groups -OCH3 is 1. The third-order valence-electron chi connectivity index (χ3n) is 3.13. The average molecular weight is 248 g/mol. The van der Waals surface area contributed by atoms with Gasteiger partial charge < -0.3 is 9.47 Å². The molecule has 1 aromatic carbocycles. The molecule has 1 atom stereocenters. The summed E-state index contributed by atoms with van der Waals surface area (Å²) in [4.78, 5) is 22.6. The largest absolute Gasteiger partial charge is 0.465 e. The molecule has 0 saturated heterocycles. The van der Waals surface area contributed by atoms with Crippen molar-refractivity contribution in [1.82, 2.24) is 0 Å². The van der Waals surface area contributed by atoms with E-state index >= 15 is 0 Å². The Morgan fingerprint density at radius 3 is 2.78 bits per heavy atom. The number of benzene rings is 1. The number of hydrogen-bond acceptors (Lipinski definition) is 4. The third-order valence-corrected chi connectivity index (χ3v) is 3.13. The summed E-state index contributed by atoms with van der Waals surface area (Å²) in [6.07, 6.45) is 2.50. The minimum absolute atomic E-state index is 0.240. The normalized spacial score (nSPS) is 17.8. The molecule has 0 amide bonds. The van der Waals surface area contributed by atoms with Gasteiger partial charge in [-0.05, 0) is 42.5 Å². The van der Waals surface area contributed by atoms with E-state index in [0.29, 0.717) is 5.56 Å². The molecule has 0 spiro atoms. The molecular weight excluding hydrogens is 232 g/mol. The van der Waals surface area contributed by atoms with Crippen molar-refractivity contribution in [3.63, 3.8) is 0 Å². The highest BCUT2D eigenvalue weighted by Gasteiger charge is 2.23. The third kappa shape index (κ3) is 2.53. The van der Waals surface area contributed by atoms with Crippen LogP contribution in [0.1, 0.15) is 47.4 Å². The Balaban J connectivity index is 2.34. The molecular formula is C14H16O4. The number of carbonyl (C=O) groups is 2. The lowest BCUT2D eigenvalue weighted by Gasteiger charge is -2.25. The first kappa shape index (κ1) is 12.6. The molecule has 0 bridgehead atoms. The predicted molar refractivity (Wildman–Crippen MR) is 65.2 cm³/mol. The van der Waals surface area contributed by atoms with E-state index in [0.717, 1.165) is 30.4 Å². The summed E-state index contributed by atoms with van der Waals surface area (Å²) in [5, 5.41) is 0. The summed E-state index contributed by atoms with van der Waals surface area (Å²) >= 11 is 0. The highest BCUT2D eigenvalue weighted by atomic mass is 16.5. The van der Waals surface area contributed by atoms with E-state index < -0.39 is 0 Å². The van der Waals surface area contributed by atoms with Gasteiger partial charge in [0.15, 0.2) is 0 Å². The van der Waals surface area contributed by atoms with E-state index in [1.165, 1.54) is 14.0 Å². The number of ether oxygens (including phenoxy) is 2. The molecule has 0 fully saturated rings. The molecule has 1 aromatic rings. The van der Waals surface area contributed by atoms with Gasteiger partial charge >= 0.3 is 11.9 Å². The number of aryl methyl sites for hydroxylation is 1. The second-order valence-electron chi connectivity index (χ2n) is 4.40. The summed E-state index contributed by atoms with van der Waals surface area (Å²) in [5.74, 6) is -0.665. The van der Waals surface area contributed by atoms with Gasteiger partial charge in [0, 0.05) is 6.92 Å². The Morgan fingerprint density at radius 1 is 1.33 bits per heavy atom. The molecule has 0 radical (unpaired) electrons. The Morgan fingerprint density at radius 2 is 2.11 bits per heavy atom. The van der Waals surface area contributed by atoms with Crippen LogP contribution in [0.3, 0.4) is 0 Å². The summed E-state index contributed by atoms with van der Waals surface area (Å²) in [6, 6.07) is 5.44. The average Bonchev–Trinajstić information content (AvgIpc) is 2.37. The first-order valence-electron chi connectivity index (χ1n) is 6.00. The highest BCUT2D eigenvalue weighted by molar-refractivity contribution is 5.89. The molecule has 0 aromatic heterocycles. The topological polar surface area (TPSA) is 52.6 Å². The molecule has 1 aliphatic rings. The van der Waals surface area contributed by atoms with Crippen LogP contribution in [0, 0.1) is 0 Å². The van der Waals surface area contributed by atoms with E-state index in [9.17, 15) is 9.59 Å². The van der Waals surface area contributed by atoms with Crippen LogP contribution in [0.15, 0.2) is 18.2 Å². The van der Waals surface area contributed by atoms with Gasteiger partial charge in [0.1, 0.15) is 6.10 Å². The molecule has 1 unspecified atom stereocenters. The van der Waals surface area contributed by atoms with Gasteiger partial charge in [-0.25, -0.2) is 4.79 Å². The van der Waals surface area contributed by atoms with Gasteiger partial charge in [-0.2, -0.15) is 0 Å². The summed E-state index contributed by atoms with van der Waals surface area (Å²) in [7, 11) is 1.35. The number of fused-ring (bicyclic) bond motifs is 1. The van der Waals surface area contributed by atoms with E-state index in [2.05, 4.69) is 0 Å². The highest BCUT2D eigenvalue weighted by Crippen LogP contribution is 2.33. The van der Waals surface area contributed by atoms with E-state index in [1.807, 2.05) is 6.07 Å². The fourth-order valence-corrected chi connectivity index (χ4v) is 2.32. The maximum Gasteiger partial charge on any atom is 0.337 e. The van der Waals surface area contributed by atoms with Gasteiger partial charge in [0.05, 0.1) is 12.7 Å². The molecule has 0 heterocycles. The van der Waals surface area contributed by atoms with Crippen LogP contribution in [-0.4, -0.2) is 19.0 Å². The lowest BCUT2D eigenvalue weighted by Crippen LogP contribution is -2.16. The maximum absolute atomic E-state index is 11.5. The van der Waals surface area contributed by atoms with Crippen LogP contribution >= 0.6 is 0 Å². The Bertz CT molecular complexity index is 479. The molecule has 0 aliphatic heterocycles. The molecule has 2 rings (SSSR count). The van der Waals surface area contributed by atoms with E-state index in [4.69, 9.17) is 9.47 Å². The maximum atomic E-state index is 11.5. The molecule has 96 valence electrons. The zero-order chi connectivity index (χ0) is 13.1. The lowest BCUT2D eigenvalue weighted by atomic mass is 9.88. The SMILES string of the molecule is COC(=O)c1ccc2c(c1)C(OC(C)=O)CCC2. The van der Waals surface area contributed by atoms with Crippen molar-refractivity contribution >= 4 is 11.9 Å². The van der Waals surface area contributed by atoms with Crippen LogP contribution in [0.2, 0.25) is 0 Å².